The predicted molar refractivity (Wildman–Crippen MR) is 155 cm³/mol. The quantitative estimate of drug-likeness (QED) is 0.237. The first-order valence-corrected chi connectivity index (χ1v) is 15.0. The molecule has 3 aromatic heterocycles. The van der Waals surface area contributed by atoms with Gasteiger partial charge in [0.1, 0.15) is 29.2 Å². The average Bonchev–Trinajstić information content (AvgIpc) is 2.97. The summed E-state index contributed by atoms with van der Waals surface area (Å²) in [5.41, 5.74) is -3.09. The number of sulfone groups is 1. The minimum absolute atomic E-state index is 0.0634. The molecule has 0 N–H and O–H groups in total. The molecule has 0 spiro atoms. The van der Waals surface area contributed by atoms with Gasteiger partial charge < -0.3 is 14.6 Å². The molecular weight excluding hydrogens is 599 g/mol. The summed E-state index contributed by atoms with van der Waals surface area (Å²) in [6.45, 7) is 12.6. The van der Waals surface area contributed by atoms with Crippen LogP contribution >= 0.6 is 0 Å². The number of carbonyl (C=O) groups is 1. The fourth-order valence-corrected chi connectivity index (χ4v) is 6.16. The summed E-state index contributed by atoms with van der Waals surface area (Å²) < 4.78 is 71.9. The molecule has 5 rings (SSSR count). The second kappa shape index (κ2) is 11.5. The van der Waals surface area contributed by atoms with Gasteiger partial charge >= 0.3 is 5.69 Å². The molecule has 1 atom stereocenters. The van der Waals surface area contributed by atoms with Crippen molar-refractivity contribution in [2.75, 3.05) is 37.3 Å². The SMILES string of the molecule is [C-]#[N+]C[C@H]1CN(C(=O)C=C)CCN1c1nc(=O)n(-c2c(S(C)(=O)=O)ccnc2C)c2nc(-c3c(F)cccc3F)c(F)cc12. The number of aryl methyl sites for hydroxylation is 1. The highest BCUT2D eigenvalue weighted by Gasteiger charge is 2.34. The second-order valence-corrected chi connectivity index (χ2v) is 12.0. The number of hydrogen-bond acceptors (Lipinski definition) is 8. The highest BCUT2D eigenvalue weighted by atomic mass is 32.2. The Morgan fingerprint density at radius 1 is 1.16 bits per heavy atom. The first-order valence-electron chi connectivity index (χ1n) is 13.1. The molecule has 15 heteroatoms. The van der Waals surface area contributed by atoms with E-state index in [0.717, 1.165) is 41.2 Å². The minimum Gasteiger partial charge on any atom is -0.342 e. The number of pyridine rings is 2. The van der Waals surface area contributed by atoms with E-state index in [0.29, 0.717) is 0 Å². The number of aromatic nitrogens is 4. The van der Waals surface area contributed by atoms with Crippen LogP contribution in [0.5, 0.6) is 0 Å². The number of amides is 1. The van der Waals surface area contributed by atoms with Gasteiger partial charge in [0.05, 0.1) is 27.2 Å². The van der Waals surface area contributed by atoms with E-state index in [9.17, 15) is 26.8 Å². The molecule has 0 radical (unpaired) electrons. The molecule has 0 aliphatic carbocycles. The van der Waals surface area contributed by atoms with E-state index < -0.39 is 50.3 Å². The number of anilines is 1. The van der Waals surface area contributed by atoms with Crippen LogP contribution in [0.1, 0.15) is 5.69 Å². The topological polar surface area (TPSA) is 123 Å². The molecular formula is C29H24F3N7O4S. The van der Waals surface area contributed by atoms with Gasteiger partial charge in [0, 0.05) is 32.1 Å². The number of nitrogens with zero attached hydrogens (tertiary/aromatic N) is 7. The third-order valence-corrected chi connectivity index (χ3v) is 8.37. The molecule has 1 aromatic carbocycles. The van der Waals surface area contributed by atoms with E-state index >= 15 is 4.39 Å². The van der Waals surface area contributed by atoms with Crippen LogP contribution in [0.4, 0.5) is 19.0 Å². The molecule has 4 heterocycles. The molecule has 44 heavy (non-hydrogen) atoms. The predicted octanol–water partition coefficient (Wildman–Crippen LogP) is 3.09. The molecule has 1 saturated heterocycles. The molecule has 0 saturated carbocycles. The van der Waals surface area contributed by atoms with Crippen LogP contribution in [-0.4, -0.2) is 77.2 Å². The van der Waals surface area contributed by atoms with Gasteiger partial charge in [-0.15, -0.1) is 0 Å². The number of piperazine rings is 1. The molecule has 1 amide bonds. The Morgan fingerprint density at radius 3 is 2.50 bits per heavy atom. The summed E-state index contributed by atoms with van der Waals surface area (Å²) in [7, 11) is -3.98. The monoisotopic (exact) mass is 623 g/mol. The Labute approximate surface area is 249 Å². The first kappa shape index (κ1) is 30.4. The van der Waals surface area contributed by atoms with Crippen molar-refractivity contribution in [2.45, 2.75) is 17.9 Å². The maximum atomic E-state index is 15.8. The molecule has 1 fully saturated rings. The van der Waals surface area contributed by atoms with Crippen molar-refractivity contribution < 1.29 is 26.4 Å². The van der Waals surface area contributed by atoms with Crippen LogP contribution in [0, 0.1) is 30.9 Å². The molecule has 1 aliphatic rings. The molecule has 11 nitrogen and oxygen atoms in total. The zero-order valence-electron chi connectivity index (χ0n) is 23.5. The summed E-state index contributed by atoms with van der Waals surface area (Å²) in [5, 5.41) is -0.108. The van der Waals surface area contributed by atoms with E-state index in [2.05, 4.69) is 26.4 Å². The highest BCUT2D eigenvalue weighted by molar-refractivity contribution is 7.90. The Kier molecular flexibility index (Phi) is 7.96. The standard InChI is InChI=1S/C29H24F3N7O4S/c1-5-23(40)37-11-12-38(17(15-37)14-33-3)27-18-13-21(32)25(24-19(30)7-6-8-20(24)31)35-28(18)39(29(41)36-27)26-16(2)34-10-9-22(26)44(4,42)43/h5-10,13,17H,1,11-12,14-15H2,2,4H3/t17-/m0/s1. The zero-order valence-corrected chi connectivity index (χ0v) is 24.3. The van der Waals surface area contributed by atoms with E-state index in [4.69, 9.17) is 6.57 Å². The number of halogens is 3. The first-order chi connectivity index (χ1) is 20.9. The summed E-state index contributed by atoms with van der Waals surface area (Å²) in [5.74, 6) is -3.85. The Morgan fingerprint density at radius 2 is 1.86 bits per heavy atom. The van der Waals surface area contributed by atoms with Gasteiger partial charge in [-0.05, 0) is 37.3 Å². The highest BCUT2D eigenvalue weighted by Crippen LogP contribution is 2.34. The van der Waals surface area contributed by atoms with Gasteiger partial charge in [0.15, 0.2) is 21.3 Å². The lowest BCUT2D eigenvalue weighted by atomic mass is 10.1. The third-order valence-electron chi connectivity index (χ3n) is 7.24. The minimum atomic E-state index is -3.98. The smallest absolute Gasteiger partial charge is 0.342 e. The van der Waals surface area contributed by atoms with Gasteiger partial charge in [0.25, 0.3) is 0 Å². The maximum Gasteiger partial charge on any atom is 0.355 e. The largest absolute Gasteiger partial charge is 0.355 e. The lowest BCUT2D eigenvalue weighted by Gasteiger charge is -2.39. The zero-order chi connectivity index (χ0) is 31.9. The molecule has 0 bridgehead atoms. The second-order valence-electron chi connectivity index (χ2n) is 10.0. The Balaban J connectivity index is 1.88. The van der Waals surface area contributed by atoms with Crippen LogP contribution in [0.3, 0.4) is 0 Å². The number of carbonyl (C=O) groups excluding carboxylic acids is 1. The summed E-state index contributed by atoms with van der Waals surface area (Å²) in [6.07, 6.45) is 3.29. The van der Waals surface area contributed by atoms with Gasteiger partial charge in [-0.2, -0.15) is 4.98 Å². The summed E-state index contributed by atoms with van der Waals surface area (Å²) >= 11 is 0. The van der Waals surface area contributed by atoms with Crippen molar-refractivity contribution in [1.82, 2.24) is 24.4 Å². The van der Waals surface area contributed by atoms with Gasteiger partial charge in [-0.3, -0.25) is 9.78 Å². The number of fused-ring (bicyclic) bond motifs is 1. The van der Waals surface area contributed by atoms with Gasteiger partial charge in [-0.25, -0.2) is 42.5 Å². The van der Waals surface area contributed by atoms with Crippen LogP contribution in [0.25, 0.3) is 32.8 Å². The Bertz CT molecular complexity index is 2040. The molecule has 4 aromatic rings. The van der Waals surface area contributed by atoms with E-state index in [-0.39, 0.29) is 65.2 Å². The van der Waals surface area contributed by atoms with Crippen LogP contribution < -0.4 is 10.6 Å². The third kappa shape index (κ3) is 5.28. The van der Waals surface area contributed by atoms with Crippen molar-refractivity contribution in [1.29, 1.82) is 0 Å². The summed E-state index contributed by atoms with van der Waals surface area (Å²) in [4.78, 5) is 44.9. The maximum absolute atomic E-state index is 15.8. The normalized spacial score (nSPS) is 15.3. The van der Waals surface area contributed by atoms with E-state index in [1.807, 2.05) is 0 Å². The summed E-state index contributed by atoms with van der Waals surface area (Å²) in [6, 6.07) is 4.32. The van der Waals surface area contributed by atoms with Crippen molar-refractivity contribution in [3.63, 3.8) is 0 Å². The van der Waals surface area contributed by atoms with Gasteiger partial charge in [-0.1, -0.05) is 12.6 Å². The fourth-order valence-electron chi connectivity index (χ4n) is 5.26. The van der Waals surface area contributed by atoms with E-state index in [1.54, 1.807) is 4.90 Å². The molecule has 0 unspecified atom stereocenters. The van der Waals surface area contributed by atoms with Crippen molar-refractivity contribution in [3.8, 4) is 16.9 Å². The Hall–Kier alpha value is -5.10. The van der Waals surface area contributed by atoms with Crippen LogP contribution in [-0.2, 0) is 14.6 Å². The number of rotatable bonds is 6. The molecule has 226 valence electrons. The van der Waals surface area contributed by atoms with Crippen molar-refractivity contribution >= 4 is 32.6 Å². The van der Waals surface area contributed by atoms with Crippen molar-refractivity contribution in [3.05, 3.63) is 94.2 Å². The lowest BCUT2D eigenvalue weighted by molar-refractivity contribution is -0.126. The lowest BCUT2D eigenvalue weighted by Crippen LogP contribution is -2.56. The van der Waals surface area contributed by atoms with Crippen LogP contribution in [0.2, 0.25) is 0 Å². The number of hydrogen-bond donors (Lipinski definition) is 0. The number of benzene rings is 1. The molecule has 1 aliphatic heterocycles. The van der Waals surface area contributed by atoms with Crippen LogP contribution in [0.15, 0.2) is 58.9 Å². The van der Waals surface area contributed by atoms with Gasteiger partial charge in [0.2, 0.25) is 12.5 Å². The van der Waals surface area contributed by atoms with E-state index in [1.165, 1.54) is 24.1 Å². The average molecular weight is 624 g/mol. The fraction of sp³-hybridized carbons (Fsp3) is 0.241. The van der Waals surface area contributed by atoms with Crippen molar-refractivity contribution in [2.24, 2.45) is 0 Å².